The molecule has 0 unspecified atom stereocenters. The molecular formula is C60H49BN2OS. The summed E-state index contributed by atoms with van der Waals surface area (Å²) in [6, 6.07) is 55.4. The Morgan fingerprint density at radius 3 is 2.08 bits per heavy atom. The summed E-state index contributed by atoms with van der Waals surface area (Å²) in [5.74, 6) is 0. The van der Waals surface area contributed by atoms with E-state index in [2.05, 4.69) is 203 Å². The first kappa shape index (κ1) is 37.8. The van der Waals surface area contributed by atoms with E-state index in [0.29, 0.717) is 0 Å². The standard InChI is InChI=1S/C60H49BN2OS/c1-58(2,3)36-25-27-47(42(30-36)34-16-9-8-10-17-34)62-55-44-31-45-46(60(6,7)29-28-59(45,4)5)33-50(44)65-57(55)61-52-43(32-49-51(56(52)62)41-20-13-14-23-48(41)64-49)39-22-15-21-38-40-26-24-35-18-11-12-19-37(35)53(40)63(61)54(38)39/h8-27,30-33H,28-29H2,1-7H3. The van der Waals surface area contributed by atoms with E-state index in [1.807, 2.05) is 11.3 Å². The van der Waals surface area contributed by atoms with Gasteiger partial charge in [-0.2, -0.15) is 0 Å². The number of fused-ring (bicyclic) bond motifs is 16. The predicted octanol–water partition coefficient (Wildman–Crippen LogP) is 15.8. The van der Waals surface area contributed by atoms with E-state index in [9.17, 15) is 0 Å². The molecule has 0 bridgehead atoms. The summed E-state index contributed by atoms with van der Waals surface area (Å²) in [6.45, 7) is 16.8. The fraction of sp³-hybridized carbons (Fsp3) is 0.200. The van der Waals surface area contributed by atoms with Gasteiger partial charge in [0.15, 0.2) is 0 Å². The van der Waals surface area contributed by atoms with E-state index in [-0.39, 0.29) is 23.1 Å². The van der Waals surface area contributed by atoms with E-state index >= 15 is 0 Å². The van der Waals surface area contributed by atoms with Crippen LogP contribution in [0.25, 0.3) is 86.9 Å². The van der Waals surface area contributed by atoms with Crippen molar-refractivity contribution in [3.63, 3.8) is 0 Å². The maximum absolute atomic E-state index is 7.03. The molecule has 0 N–H and O–H groups in total. The minimum absolute atomic E-state index is 0.0417. The van der Waals surface area contributed by atoms with Gasteiger partial charge < -0.3 is 13.8 Å². The average Bonchev–Trinajstić information content (AvgIpc) is 3.99. The van der Waals surface area contributed by atoms with E-state index in [0.717, 1.165) is 23.0 Å². The molecule has 0 fully saturated rings. The Balaban J connectivity index is 1.23. The van der Waals surface area contributed by atoms with Crippen LogP contribution in [0.15, 0.2) is 150 Å². The zero-order chi connectivity index (χ0) is 43.9. The van der Waals surface area contributed by atoms with Crippen molar-refractivity contribution in [1.82, 2.24) is 4.48 Å². The predicted molar refractivity (Wildman–Crippen MR) is 280 cm³/mol. The summed E-state index contributed by atoms with van der Waals surface area (Å²) in [4.78, 5) is 2.71. The van der Waals surface area contributed by atoms with Gasteiger partial charge >= 0.3 is 6.85 Å². The van der Waals surface area contributed by atoms with Crippen LogP contribution in [0.1, 0.15) is 78.0 Å². The number of aromatic nitrogens is 1. The third-order valence-electron chi connectivity index (χ3n) is 15.8. The molecule has 0 atom stereocenters. The van der Waals surface area contributed by atoms with Crippen LogP contribution in [0.3, 0.4) is 0 Å². The average molecular weight is 857 g/mol. The zero-order valence-corrected chi connectivity index (χ0v) is 38.9. The minimum atomic E-state index is -0.0884. The zero-order valence-electron chi connectivity index (χ0n) is 38.1. The number of hydrogen-bond acceptors (Lipinski definition) is 3. The summed E-state index contributed by atoms with van der Waals surface area (Å²) in [5, 5.41) is 8.81. The highest BCUT2D eigenvalue weighted by molar-refractivity contribution is 7.32. The number of nitrogens with zero attached hydrogens (tertiary/aromatic N) is 2. The van der Waals surface area contributed by atoms with Crippen molar-refractivity contribution in [2.45, 2.75) is 77.6 Å². The summed E-state index contributed by atoms with van der Waals surface area (Å²) < 4.78 is 12.5. The van der Waals surface area contributed by atoms with Gasteiger partial charge in [-0.05, 0) is 104 Å². The summed E-state index contributed by atoms with van der Waals surface area (Å²) in [7, 11) is 0. The number of para-hydroxylation sites is 2. The van der Waals surface area contributed by atoms with E-state index in [1.165, 1.54) is 121 Å². The monoisotopic (exact) mass is 856 g/mol. The van der Waals surface area contributed by atoms with Crippen molar-refractivity contribution < 1.29 is 4.42 Å². The molecule has 0 saturated heterocycles. The van der Waals surface area contributed by atoms with Crippen molar-refractivity contribution in [3.8, 4) is 22.3 Å². The third-order valence-corrected chi connectivity index (χ3v) is 17.0. The van der Waals surface area contributed by atoms with Gasteiger partial charge in [-0.25, -0.2) is 0 Å². The Hall–Kier alpha value is -6.56. The molecule has 1 aliphatic carbocycles. The fourth-order valence-corrected chi connectivity index (χ4v) is 13.6. The quantitative estimate of drug-likeness (QED) is 0.162. The maximum Gasteiger partial charge on any atom is 0.343 e. The molecule has 3 aromatic heterocycles. The molecule has 5 heteroatoms. The summed E-state index contributed by atoms with van der Waals surface area (Å²) in [6.07, 6.45) is 2.34. The second-order valence-electron chi connectivity index (χ2n) is 21.5. The molecule has 0 saturated carbocycles. The van der Waals surface area contributed by atoms with Gasteiger partial charge in [-0.15, -0.1) is 11.3 Å². The Morgan fingerprint density at radius 1 is 0.569 bits per heavy atom. The Morgan fingerprint density at radius 2 is 1.28 bits per heavy atom. The van der Waals surface area contributed by atoms with Crippen LogP contribution in [0.4, 0.5) is 17.1 Å². The molecule has 314 valence electrons. The van der Waals surface area contributed by atoms with Crippen LogP contribution in [-0.2, 0) is 16.2 Å². The Labute approximate surface area is 384 Å². The van der Waals surface area contributed by atoms with Gasteiger partial charge in [-0.3, -0.25) is 0 Å². The molecule has 65 heavy (non-hydrogen) atoms. The highest BCUT2D eigenvalue weighted by atomic mass is 32.1. The normalized spacial score (nSPS) is 16.0. The highest BCUT2D eigenvalue weighted by Crippen LogP contribution is 2.56. The fourth-order valence-electron chi connectivity index (χ4n) is 12.3. The molecule has 8 aromatic carbocycles. The van der Waals surface area contributed by atoms with Crippen molar-refractivity contribution in [3.05, 3.63) is 162 Å². The lowest BCUT2D eigenvalue weighted by molar-refractivity contribution is 0.332. The van der Waals surface area contributed by atoms with Crippen LogP contribution in [0.5, 0.6) is 0 Å². The topological polar surface area (TPSA) is 21.3 Å². The Kier molecular flexibility index (Phi) is 7.33. The molecule has 0 radical (unpaired) electrons. The molecule has 3 aliphatic rings. The first-order valence-electron chi connectivity index (χ1n) is 23.4. The Bertz CT molecular complexity index is 3890. The second-order valence-corrected chi connectivity index (χ2v) is 22.6. The number of furan rings is 1. The third kappa shape index (κ3) is 4.97. The number of thiophene rings is 1. The van der Waals surface area contributed by atoms with Crippen molar-refractivity contribution in [2.75, 3.05) is 4.90 Å². The van der Waals surface area contributed by atoms with Gasteiger partial charge in [0.05, 0.1) is 22.4 Å². The van der Waals surface area contributed by atoms with Crippen LogP contribution in [-0.4, -0.2) is 11.3 Å². The lowest BCUT2D eigenvalue weighted by Gasteiger charge is -2.42. The van der Waals surface area contributed by atoms with Crippen molar-refractivity contribution in [1.29, 1.82) is 0 Å². The molecule has 0 spiro atoms. The molecule has 11 aromatic rings. The van der Waals surface area contributed by atoms with Crippen molar-refractivity contribution >= 4 is 110 Å². The molecule has 5 heterocycles. The minimum Gasteiger partial charge on any atom is -0.456 e. The molecular weight excluding hydrogens is 808 g/mol. The van der Waals surface area contributed by atoms with Gasteiger partial charge in [0.1, 0.15) is 11.2 Å². The summed E-state index contributed by atoms with van der Waals surface area (Å²) >= 11 is 2.02. The summed E-state index contributed by atoms with van der Waals surface area (Å²) in [5.41, 5.74) is 18.8. The number of hydrogen-bond donors (Lipinski definition) is 0. The lowest BCUT2D eigenvalue weighted by atomic mass is 9.48. The van der Waals surface area contributed by atoms with Crippen LogP contribution in [0, 0.1) is 0 Å². The first-order chi connectivity index (χ1) is 31.4. The smallest absolute Gasteiger partial charge is 0.343 e. The maximum atomic E-state index is 7.03. The van der Waals surface area contributed by atoms with E-state index in [4.69, 9.17) is 4.42 Å². The lowest BCUT2D eigenvalue weighted by Crippen LogP contribution is -2.55. The molecule has 14 rings (SSSR count). The first-order valence-corrected chi connectivity index (χ1v) is 24.2. The largest absolute Gasteiger partial charge is 0.456 e. The number of rotatable bonds is 2. The van der Waals surface area contributed by atoms with E-state index in [1.54, 1.807) is 0 Å². The second kappa shape index (κ2) is 12.6. The highest BCUT2D eigenvalue weighted by Gasteiger charge is 2.48. The van der Waals surface area contributed by atoms with Crippen LogP contribution < -0.4 is 15.1 Å². The van der Waals surface area contributed by atoms with Crippen LogP contribution in [0.2, 0.25) is 0 Å². The van der Waals surface area contributed by atoms with Crippen LogP contribution >= 0.6 is 11.3 Å². The SMILES string of the molecule is CC(C)(C)c1ccc(N2c3c(sc4cc5c(cc34)C(C)(C)CCC5(C)C)B3c4c(cc5oc6ccccc6c5c42)-c2cccc4c5ccc6ccccc6c5n3c24)c(-c2ccccc2)c1. The van der Waals surface area contributed by atoms with E-state index < -0.39 is 0 Å². The van der Waals surface area contributed by atoms with Gasteiger partial charge in [-0.1, -0.05) is 158 Å². The number of benzene rings is 8. The van der Waals surface area contributed by atoms with Gasteiger partial charge in [0.25, 0.3) is 0 Å². The van der Waals surface area contributed by atoms with Crippen molar-refractivity contribution in [2.24, 2.45) is 0 Å². The molecule has 0 amide bonds. The van der Waals surface area contributed by atoms with Gasteiger partial charge in [0, 0.05) is 58.6 Å². The molecule has 2 aliphatic heterocycles. The van der Waals surface area contributed by atoms with Gasteiger partial charge in [0.2, 0.25) is 0 Å². The number of anilines is 3. The molecule has 3 nitrogen and oxygen atoms in total.